The van der Waals surface area contributed by atoms with Crippen LogP contribution in [0.5, 0.6) is 11.8 Å². The lowest BCUT2D eigenvalue weighted by atomic mass is 9.96. The van der Waals surface area contributed by atoms with Crippen LogP contribution >= 0.6 is 0 Å². The van der Waals surface area contributed by atoms with Gasteiger partial charge in [0.25, 0.3) is 5.91 Å². The Bertz CT molecular complexity index is 1720. The maximum Gasteiger partial charge on any atom is 0.319 e. The highest BCUT2D eigenvalue weighted by atomic mass is 19.1. The van der Waals surface area contributed by atoms with E-state index in [0.29, 0.717) is 42.0 Å². The molecule has 2 bridgehead atoms. The second kappa shape index (κ2) is 11.5. The fraction of sp³-hybridized carbons (Fsp3) is 0.424. The van der Waals surface area contributed by atoms with Crippen molar-refractivity contribution in [2.45, 2.75) is 49.9 Å². The number of rotatable bonds is 7. The molecule has 1 aromatic heterocycles. The lowest BCUT2D eigenvalue weighted by Gasteiger charge is -2.42. The second-order valence-electron chi connectivity index (χ2n) is 12.2. The molecule has 1 amide bonds. The largest absolute Gasteiger partial charge is 0.508 e. The summed E-state index contributed by atoms with van der Waals surface area (Å²) in [5.41, 5.74) is 0.989. The SMILES string of the molecule is CN1CCCC1COc1nc(N2CC3CCC(C2)N3C(=O)C(O)CO)c2ccc(-c3cc(O)cc4ccccc34)c(F)c2n1. The molecule has 3 saturated heterocycles. The number of ether oxygens (including phenoxy) is 1. The van der Waals surface area contributed by atoms with E-state index in [0.717, 1.165) is 43.0 Å². The first-order chi connectivity index (χ1) is 21.3. The number of likely N-dealkylation sites (tertiary alicyclic amines) is 1. The number of aromatic nitrogens is 2. The zero-order valence-corrected chi connectivity index (χ0v) is 24.6. The lowest BCUT2D eigenvalue weighted by molar-refractivity contribution is -0.145. The van der Waals surface area contributed by atoms with Gasteiger partial charge in [0.05, 0.1) is 6.61 Å². The standard InChI is InChI=1S/C33H36FN5O5/c1-37-12-4-6-22(37)18-44-33-35-30-26(11-10-25(29(30)34)27-14-23(41)13-19-5-2-3-7-24(19)27)31(36-33)38-15-20-8-9-21(16-38)39(20)32(43)28(42)17-40/h2-3,5,7,10-11,13-14,20-22,28,40-42H,4,6,8-9,12,15-18H2,1H3. The van der Waals surface area contributed by atoms with E-state index in [2.05, 4.69) is 21.8 Å². The fourth-order valence-electron chi connectivity index (χ4n) is 7.20. The first kappa shape index (κ1) is 28.7. The van der Waals surface area contributed by atoms with Crippen LogP contribution in [0.4, 0.5) is 10.2 Å². The van der Waals surface area contributed by atoms with Gasteiger partial charge >= 0.3 is 6.01 Å². The zero-order valence-electron chi connectivity index (χ0n) is 24.6. The minimum Gasteiger partial charge on any atom is -0.508 e. The maximum atomic E-state index is 16.6. The van der Waals surface area contributed by atoms with Crippen LogP contribution < -0.4 is 9.64 Å². The van der Waals surface area contributed by atoms with Crippen molar-refractivity contribution in [3.8, 4) is 22.9 Å². The number of aliphatic hydroxyl groups excluding tert-OH is 2. The number of hydrogen-bond acceptors (Lipinski definition) is 9. The molecule has 3 aliphatic rings. The summed E-state index contributed by atoms with van der Waals surface area (Å²) in [6, 6.07) is 14.2. The van der Waals surface area contributed by atoms with E-state index in [1.807, 2.05) is 30.3 Å². The number of phenolic OH excluding ortho intramolecular Hbond substituents is 1. The molecule has 4 aromatic rings. The van der Waals surface area contributed by atoms with Gasteiger partial charge < -0.3 is 34.8 Å². The molecular weight excluding hydrogens is 565 g/mol. The number of aromatic hydroxyl groups is 1. The highest BCUT2D eigenvalue weighted by Gasteiger charge is 2.44. The minimum absolute atomic E-state index is 0.0421. The first-order valence-corrected chi connectivity index (χ1v) is 15.2. The molecule has 0 radical (unpaired) electrons. The molecule has 4 atom stereocenters. The van der Waals surface area contributed by atoms with Crippen molar-refractivity contribution in [2.24, 2.45) is 0 Å². The van der Waals surface area contributed by atoms with Crippen molar-refractivity contribution in [1.82, 2.24) is 19.8 Å². The van der Waals surface area contributed by atoms with Crippen LogP contribution in [0.3, 0.4) is 0 Å². The number of aliphatic hydroxyl groups is 2. The van der Waals surface area contributed by atoms with Gasteiger partial charge in [0.2, 0.25) is 0 Å². The predicted octanol–water partition coefficient (Wildman–Crippen LogP) is 3.30. The Balaban J connectivity index is 1.31. The van der Waals surface area contributed by atoms with Gasteiger partial charge in [-0.05, 0) is 73.8 Å². The first-order valence-electron chi connectivity index (χ1n) is 15.2. The summed E-state index contributed by atoms with van der Waals surface area (Å²) in [5, 5.41) is 32.0. The van der Waals surface area contributed by atoms with Crippen molar-refractivity contribution in [1.29, 1.82) is 0 Å². The Hall–Kier alpha value is -4.06. The van der Waals surface area contributed by atoms with Crippen LogP contribution in [0, 0.1) is 5.82 Å². The lowest BCUT2D eigenvalue weighted by Crippen LogP contribution is -2.58. The number of likely N-dealkylation sites (N-methyl/N-ethyl adjacent to an activating group) is 1. The quantitative estimate of drug-likeness (QED) is 0.293. The summed E-state index contributed by atoms with van der Waals surface area (Å²) < 4.78 is 22.8. The van der Waals surface area contributed by atoms with E-state index in [9.17, 15) is 20.1 Å². The third kappa shape index (κ3) is 4.98. The zero-order chi connectivity index (χ0) is 30.5. The molecule has 3 aliphatic heterocycles. The molecule has 7 rings (SSSR count). The van der Waals surface area contributed by atoms with E-state index in [4.69, 9.17) is 9.72 Å². The Morgan fingerprint density at radius 2 is 1.82 bits per heavy atom. The average Bonchev–Trinajstić information content (AvgIpc) is 3.56. The molecule has 4 unspecified atom stereocenters. The van der Waals surface area contributed by atoms with Gasteiger partial charge in [-0.25, -0.2) is 4.39 Å². The van der Waals surface area contributed by atoms with Crippen LogP contribution in [0.25, 0.3) is 32.8 Å². The van der Waals surface area contributed by atoms with Crippen molar-refractivity contribution < 1.29 is 29.2 Å². The smallest absolute Gasteiger partial charge is 0.319 e. The summed E-state index contributed by atoms with van der Waals surface area (Å²) in [4.78, 5) is 28.2. The summed E-state index contributed by atoms with van der Waals surface area (Å²) >= 11 is 0. The fourth-order valence-corrected chi connectivity index (χ4v) is 7.20. The number of carbonyl (C=O) groups excluding carboxylic acids is 1. The normalized spacial score (nSPS) is 22.7. The van der Waals surface area contributed by atoms with Gasteiger partial charge in [0.15, 0.2) is 11.9 Å². The number of amides is 1. The van der Waals surface area contributed by atoms with E-state index in [1.54, 1.807) is 23.1 Å². The molecule has 230 valence electrons. The summed E-state index contributed by atoms with van der Waals surface area (Å²) in [7, 11) is 2.06. The Labute approximate surface area is 254 Å². The van der Waals surface area contributed by atoms with E-state index in [-0.39, 0.29) is 35.4 Å². The highest BCUT2D eigenvalue weighted by molar-refractivity contribution is 6.01. The van der Waals surface area contributed by atoms with Crippen LogP contribution in [-0.4, -0.2) is 105 Å². The topological polar surface area (TPSA) is 122 Å². The van der Waals surface area contributed by atoms with E-state index >= 15 is 4.39 Å². The summed E-state index contributed by atoms with van der Waals surface area (Å²) in [6.07, 6.45) is 2.16. The highest BCUT2D eigenvalue weighted by Crippen LogP contribution is 2.40. The molecule has 3 N–H and O–H groups in total. The maximum absolute atomic E-state index is 16.6. The van der Waals surface area contributed by atoms with E-state index in [1.165, 1.54) is 0 Å². The van der Waals surface area contributed by atoms with Gasteiger partial charge in [0, 0.05) is 42.2 Å². The number of nitrogens with zero attached hydrogens (tertiary/aromatic N) is 5. The van der Waals surface area contributed by atoms with E-state index < -0.39 is 24.4 Å². The van der Waals surface area contributed by atoms with Crippen LogP contribution in [-0.2, 0) is 4.79 Å². The number of fused-ring (bicyclic) bond motifs is 4. The van der Waals surface area contributed by atoms with Crippen LogP contribution in [0.15, 0.2) is 48.5 Å². The number of anilines is 1. The summed E-state index contributed by atoms with van der Waals surface area (Å²) in [5.74, 6) is -0.429. The second-order valence-corrected chi connectivity index (χ2v) is 12.2. The van der Waals surface area contributed by atoms with Gasteiger partial charge in [-0.15, -0.1) is 0 Å². The number of hydrogen-bond donors (Lipinski definition) is 3. The molecule has 11 heteroatoms. The monoisotopic (exact) mass is 601 g/mol. The molecule has 10 nitrogen and oxygen atoms in total. The minimum atomic E-state index is -1.45. The van der Waals surface area contributed by atoms with Crippen molar-refractivity contribution >= 4 is 33.4 Å². The van der Waals surface area contributed by atoms with Crippen molar-refractivity contribution in [3.63, 3.8) is 0 Å². The van der Waals surface area contributed by atoms with Gasteiger partial charge in [-0.3, -0.25) is 4.79 Å². The molecule has 44 heavy (non-hydrogen) atoms. The Kier molecular flexibility index (Phi) is 7.47. The average molecular weight is 602 g/mol. The molecule has 0 saturated carbocycles. The summed E-state index contributed by atoms with van der Waals surface area (Å²) in [6.45, 7) is 1.63. The molecule has 0 aliphatic carbocycles. The Morgan fingerprint density at radius 3 is 2.55 bits per heavy atom. The van der Waals surface area contributed by atoms with Gasteiger partial charge in [0.1, 0.15) is 23.7 Å². The molecule has 3 fully saturated rings. The third-order valence-corrected chi connectivity index (χ3v) is 9.47. The van der Waals surface area contributed by atoms with Crippen LogP contribution in [0.1, 0.15) is 25.7 Å². The molecule has 3 aromatic carbocycles. The number of piperazine rings is 1. The molecule has 4 heterocycles. The Morgan fingerprint density at radius 1 is 1.05 bits per heavy atom. The molecule has 0 spiro atoms. The van der Waals surface area contributed by atoms with Gasteiger partial charge in [-0.2, -0.15) is 9.97 Å². The van der Waals surface area contributed by atoms with Crippen molar-refractivity contribution in [3.05, 3.63) is 54.3 Å². The number of benzene rings is 3. The number of carbonyl (C=O) groups is 1. The van der Waals surface area contributed by atoms with Crippen molar-refractivity contribution in [2.75, 3.05) is 44.8 Å². The predicted molar refractivity (Wildman–Crippen MR) is 164 cm³/mol. The molecular formula is C33H36FN5O5. The third-order valence-electron chi connectivity index (χ3n) is 9.47. The number of phenols is 1. The number of halogens is 1. The van der Waals surface area contributed by atoms with Crippen LogP contribution in [0.2, 0.25) is 0 Å². The van der Waals surface area contributed by atoms with Gasteiger partial charge in [-0.1, -0.05) is 30.3 Å².